The molecule has 9 heteroatoms. The van der Waals surface area contributed by atoms with Gasteiger partial charge >= 0.3 is 11.8 Å². The predicted molar refractivity (Wildman–Crippen MR) is 135 cm³/mol. The van der Waals surface area contributed by atoms with Crippen molar-refractivity contribution in [3.63, 3.8) is 0 Å². The van der Waals surface area contributed by atoms with Crippen molar-refractivity contribution in [3.8, 4) is 17.2 Å². The molecule has 2 amide bonds. The van der Waals surface area contributed by atoms with Crippen LogP contribution in [0.1, 0.15) is 25.0 Å². The molecule has 3 rings (SSSR count). The molecule has 35 heavy (non-hydrogen) atoms. The second-order valence-electron chi connectivity index (χ2n) is 7.14. The highest BCUT2D eigenvalue weighted by molar-refractivity contribution is 6.39. The topological polar surface area (TPSA) is 98.2 Å². The summed E-state index contributed by atoms with van der Waals surface area (Å²) in [5.41, 5.74) is 4.22. The standard InChI is InChI=1S/C26H26ClN3O5/c1-3-33-22-8-6-5-7-21(22)29-25(31)26(32)30-28-16-19-11-14-23(24(15-19)34-4-2)35-17-18-9-12-20(27)13-10-18/h5-16H,3-4,17H2,1-2H3,(H,29,31)(H,30,32)/b28-16-. The van der Waals surface area contributed by atoms with Crippen molar-refractivity contribution in [3.05, 3.63) is 82.9 Å². The van der Waals surface area contributed by atoms with Crippen LogP contribution in [0.15, 0.2) is 71.8 Å². The van der Waals surface area contributed by atoms with E-state index in [0.717, 1.165) is 5.56 Å². The molecule has 0 aliphatic heterocycles. The minimum Gasteiger partial charge on any atom is -0.492 e. The maximum atomic E-state index is 12.2. The molecule has 0 unspecified atom stereocenters. The summed E-state index contributed by atoms with van der Waals surface area (Å²) < 4.78 is 17.0. The van der Waals surface area contributed by atoms with Crippen LogP contribution in [0.3, 0.4) is 0 Å². The molecular weight excluding hydrogens is 470 g/mol. The summed E-state index contributed by atoms with van der Waals surface area (Å²) in [6.45, 7) is 4.92. The number of nitrogens with one attached hydrogen (secondary N) is 2. The van der Waals surface area contributed by atoms with E-state index in [1.807, 2.05) is 26.0 Å². The van der Waals surface area contributed by atoms with E-state index in [1.165, 1.54) is 6.21 Å². The summed E-state index contributed by atoms with van der Waals surface area (Å²) >= 11 is 5.92. The Labute approximate surface area is 208 Å². The van der Waals surface area contributed by atoms with Gasteiger partial charge in [-0.3, -0.25) is 9.59 Å². The van der Waals surface area contributed by atoms with E-state index in [0.29, 0.717) is 53.3 Å². The maximum absolute atomic E-state index is 12.2. The van der Waals surface area contributed by atoms with Crippen molar-refractivity contribution < 1.29 is 23.8 Å². The van der Waals surface area contributed by atoms with Gasteiger partial charge in [0, 0.05) is 5.02 Å². The fourth-order valence-electron chi connectivity index (χ4n) is 2.98. The van der Waals surface area contributed by atoms with Crippen LogP contribution in [-0.4, -0.2) is 31.2 Å². The highest BCUT2D eigenvalue weighted by atomic mass is 35.5. The van der Waals surface area contributed by atoms with Crippen LogP contribution in [0.25, 0.3) is 0 Å². The molecular formula is C26H26ClN3O5. The Hall–Kier alpha value is -4.04. The minimum absolute atomic E-state index is 0.349. The molecule has 0 fully saturated rings. The molecule has 0 saturated heterocycles. The lowest BCUT2D eigenvalue weighted by molar-refractivity contribution is -0.136. The second-order valence-corrected chi connectivity index (χ2v) is 7.57. The summed E-state index contributed by atoms with van der Waals surface area (Å²) in [6, 6.07) is 19.5. The van der Waals surface area contributed by atoms with E-state index in [-0.39, 0.29) is 0 Å². The third-order valence-electron chi connectivity index (χ3n) is 4.60. The van der Waals surface area contributed by atoms with Crippen molar-refractivity contribution in [2.45, 2.75) is 20.5 Å². The molecule has 182 valence electrons. The van der Waals surface area contributed by atoms with Gasteiger partial charge in [-0.1, -0.05) is 35.9 Å². The third-order valence-corrected chi connectivity index (χ3v) is 4.85. The number of rotatable bonds is 10. The van der Waals surface area contributed by atoms with Crippen molar-refractivity contribution in [2.24, 2.45) is 5.10 Å². The van der Waals surface area contributed by atoms with Gasteiger partial charge in [-0.2, -0.15) is 5.10 Å². The molecule has 0 radical (unpaired) electrons. The van der Waals surface area contributed by atoms with Gasteiger partial charge in [-0.15, -0.1) is 0 Å². The van der Waals surface area contributed by atoms with E-state index < -0.39 is 11.8 Å². The number of nitrogens with zero attached hydrogens (tertiary/aromatic N) is 1. The molecule has 8 nitrogen and oxygen atoms in total. The van der Waals surface area contributed by atoms with Crippen LogP contribution < -0.4 is 25.0 Å². The SMILES string of the molecule is CCOc1ccccc1NC(=O)C(=O)N/N=C\c1ccc(OCc2ccc(Cl)cc2)c(OCC)c1. The summed E-state index contributed by atoms with van der Waals surface area (Å²) in [5, 5.41) is 7.04. The van der Waals surface area contributed by atoms with Gasteiger partial charge in [-0.05, 0) is 67.4 Å². The fourth-order valence-corrected chi connectivity index (χ4v) is 3.11. The van der Waals surface area contributed by atoms with Gasteiger partial charge < -0.3 is 19.5 Å². The molecule has 0 atom stereocenters. The van der Waals surface area contributed by atoms with E-state index in [9.17, 15) is 9.59 Å². The van der Waals surface area contributed by atoms with Crippen LogP contribution >= 0.6 is 11.6 Å². The summed E-state index contributed by atoms with van der Waals surface area (Å²) in [7, 11) is 0. The van der Waals surface area contributed by atoms with E-state index in [2.05, 4.69) is 15.8 Å². The molecule has 3 aromatic rings. The Morgan fingerprint density at radius 2 is 1.57 bits per heavy atom. The lowest BCUT2D eigenvalue weighted by Crippen LogP contribution is -2.32. The molecule has 0 aliphatic rings. The first kappa shape index (κ1) is 25.6. The van der Waals surface area contributed by atoms with Crippen LogP contribution in [-0.2, 0) is 16.2 Å². The van der Waals surface area contributed by atoms with Crippen LogP contribution in [0.5, 0.6) is 17.2 Å². The molecule has 0 spiro atoms. The largest absolute Gasteiger partial charge is 0.492 e. The number of hydrazone groups is 1. The van der Waals surface area contributed by atoms with Gasteiger partial charge in [0.25, 0.3) is 0 Å². The Kier molecular flexibility index (Phi) is 9.50. The smallest absolute Gasteiger partial charge is 0.329 e. The highest BCUT2D eigenvalue weighted by Gasteiger charge is 2.15. The van der Waals surface area contributed by atoms with Gasteiger partial charge in [0.05, 0.1) is 25.1 Å². The number of para-hydroxylation sites is 2. The fraction of sp³-hybridized carbons (Fsp3) is 0.192. The molecule has 0 saturated carbocycles. The number of carbonyl (C=O) groups is 2. The molecule has 0 bridgehead atoms. The first-order valence-electron chi connectivity index (χ1n) is 11.0. The third kappa shape index (κ3) is 7.75. The second kappa shape index (κ2) is 13.0. The van der Waals surface area contributed by atoms with Crippen LogP contribution in [0.2, 0.25) is 5.02 Å². The summed E-state index contributed by atoms with van der Waals surface area (Å²) in [5.74, 6) is -0.213. The lowest BCUT2D eigenvalue weighted by Gasteiger charge is -2.12. The average Bonchev–Trinajstić information content (AvgIpc) is 2.86. The number of ether oxygens (including phenoxy) is 3. The lowest BCUT2D eigenvalue weighted by atomic mass is 10.2. The van der Waals surface area contributed by atoms with Crippen molar-refractivity contribution in [1.82, 2.24) is 5.43 Å². The maximum Gasteiger partial charge on any atom is 0.329 e. The average molecular weight is 496 g/mol. The molecule has 0 aliphatic carbocycles. The van der Waals surface area contributed by atoms with Crippen molar-refractivity contribution in [2.75, 3.05) is 18.5 Å². The van der Waals surface area contributed by atoms with Gasteiger partial charge in [0.2, 0.25) is 0 Å². The summed E-state index contributed by atoms with van der Waals surface area (Å²) in [4.78, 5) is 24.3. The van der Waals surface area contributed by atoms with E-state index in [4.69, 9.17) is 25.8 Å². The zero-order valence-corrected chi connectivity index (χ0v) is 20.2. The normalized spacial score (nSPS) is 10.6. The van der Waals surface area contributed by atoms with Gasteiger partial charge in [0.15, 0.2) is 11.5 Å². The van der Waals surface area contributed by atoms with Crippen LogP contribution in [0, 0.1) is 0 Å². The molecule has 0 heterocycles. The molecule has 3 aromatic carbocycles. The van der Waals surface area contributed by atoms with E-state index in [1.54, 1.807) is 54.6 Å². The first-order valence-corrected chi connectivity index (χ1v) is 11.4. The van der Waals surface area contributed by atoms with Crippen LogP contribution in [0.4, 0.5) is 5.69 Å². The van der Waals surface area contributed by atoms with Crippen molar-refractivity contribution in [1.29, 1.82) is 0 Å². The quantitative estimate of drug-likeness (QED) is 0.239. The Morgan fingerprint density at radius 3 is 2.31 bits per heavy atom. The highest BCUT2D eigenvalue weighted by Crippen LogP contribution is 2.29. The number of hydrogen-bond acceptors (Lipinski definition) is 6. The Balaban J connectivity index is 1.59. The number of hydrogen-bond donors (Lipinski definition) is 2. The zero-order valence-electron chi connectivity index (χ0n) is 19.4. The number of anilines is 1. The minimum atomic E-state index is -0.916. The molecule has 0 aromatic heterocycles. The predicted octanol–water partition coefficient (Wildman–Crippen LogP) is 4.81. The van der Waals surface area contributed by atoms with E-state index >= 15 is 0 Å². The molecule has 2 N–H and O–H groups in total. The Bertz CT molecular complexity index is 1180. The van der Waals surface area contributed by atoms with Gasteiger partial charge in [0.1, 0.15) is 12.4 Å². The first-order chi connectivity index (χ1) is 17.0. The number of halogens is 1. The zero-order chi connectivity index (χ0) is 25.0. The summed E-state index contributed by atoms with van der Waals surface area (Å²) in [6.07, 6.45) is 1.41. The number of amides is 2. The van der Waals surface area contributed by atoms with Crippen molar-refractivity contribution >= 4 is 35.3 Å². The monoisotopic (exact) mass is 495 g/mol. The number of carbonyl (C=O) groups excluding carboxylic acids is 2. The Morgan fingerprint density at radius 1 is 0.857 bits per heavy atom. The van der Waals surface area contributed by atoms with Gasteiger partial charge in [-0.25, -0.2) is 5.43 Å². The number of benzene rings is 3.